The fraction of sp³-hybridized carbons (Fsp3) is 0.409. The lowest BCUT2D eigenvalue weighted by Gasteiger charge is -2.23. The van der Waals surface area contributed by atoms with Crippen LogP contribution in [0.2, 0.25) is 0 Å². The first kappa shape index (κ1) is 25.6. The number of aromatic nitrogens is 2. The molecular weight excluding hydrogens is 455 g/mol. The van der Waals surface area contributed by atoms with Crippen LogP contribution in [0.15, 0.2) is 47.5 Å². The van der Waals surface area contributed by atoms with Gasteiger partial charge in [-0.15, -0.1) is 24.8 Å². The summed E-state index contributed by atoms with van der Waals surface area (Å²) in [6.07, 6.45) is 3.41. The van der Waals surface area contributed by atoms with E-state index in [0.29, 0.717) is 4.90 Å². The molecule has 0 spiro atoms. The van der Waals surface area contributed by atoms with E-state index in [-0.39, 0.29) is 36.3 Å². The van der Waals surface area contributed by atoms with Crippen molar-refractivity contribution in [3.05, 3.63) is 48.3 Å². The fourth-order valence-electron chi connectivity index (χ4n) is 3.72. The number of fused-ring (bicyclic) bond motifs is 1. The predicted molar refractivity (Wildman–Crippen MR) is 131 cm³/mol. The van der Waals surface area contributed by atoms with Crippen LogP contribution in [-0.4, -0.2) is 37.5 Å². The second-order valence-corrected chi connectivity index (χ2v) is 10.4. The predicted octanol–water partition coefficient (Wildman–Crippen LogP) is 4.40. The highest BCUT2D eigenvalue weighted by atomic mass is 35.5. The number of piperidine rings is 1. The molecule has 4 rings (SSSR count). The number of hydrogen-bond acceptors (Lipinski definition) is 4. The molecule has 3 heterocycles. The van der Waals surface area contributed by atoms with Gasteiger partial charge < -0.3 is 10.3 Å². The lowest BCUT2D eigenvalue weighted by molar-refractivity contribution is 0.427. The molecule has 31 heavy (non-hydrogen) atoms. The van der Waals surface area contributed by atoms with Crippen molar-refractivity contribution in [2.24, 2.45) is 0 Å². The van der Waals surface area contributed by atoms with Crippen LogP contribution >= 0.6 is 24.8 Å². The molecule has 0 amide bonds. The SMILES string of the molecule is CC(C)(C)c1cc2c(-c3ccc(S(=O)(=O)NC4CCNCC4)cc3)ccnc2[nH]1.Cl.Cl. The molecule has 1 saturated heterocycles. The molecule has 0 saturated carbocycles. The molecule has 1 fully saturated rings. The molecule has 0 unspecified atom stereocenters. The maximum absolute atomic E-state index is 12.7. The monoisotopic (exact) mass is 484 g/mol. The first-order chi connectivity index (χ1) is 13.7. The second-order valence-electron chi connectivity index (χ2n) is 8.72. The largest absolute Gasteiger partial charge is 0.343 e. The summed E-state index contributed by atoms with van der Waals surface area (Å²) in [6.45, 7) is 8.17. The Labute approximate surface area is 196 Å². The zero-order valence-corrected chi connectivity index (χ0v) is 20.4. The van der Waals surface area contributed by atoms with Crippen LogP contribution in [0.1, 0.15) is 39.3 Å². The van der Waals surface area contributed by atoms with Crippen molar-refractivity contribution in [3.8, 4) is 11.1 Å². The van der Waals surface area contributed by atoms with Gasteiger partial charge in [0.25, 0.3) is 0 Å². The van der Waals surface area contributed by atoms with E-state index >= 15 is 0 Å². The van der Waals surface area contributed by atoms with Gasteiger partial charge in [0.15, 0.2) is 0 Å². The number of hydrogen-bond donors (Lipinski definition) is 3. The molecule has 3 N–H and O–H groups in total. The van der Waals surface area contributed by atoms with Crippen LogP contribution in [0.5, 0.6) is 0 Å². The number of benzene rings is 1. The van der Waals surface area contributed by atoms with Crippen LogP contribution in [0.4, 0.5) is 0 Å². The second kappa shape index (κ2) is 9.88. The van der Waals surface area contributed by atoms with Crippen LogP contribution < -0.4 is 10.0 Å². The Kier molecular flexibility index (Phi) is 8.16. The average molecular weight is 485 g/mol. The Hall–Kier alpha value is -1.64. The summed E-state index contributed by atoms with van der Waals surface area (Å²) in [5.74, 6) is 0. The van der Waals surface area contributed by atoms with Gasteiger partial charge in [-0.3, -0.25) is 0 Å². The van der Waals surface area contributed by atoms with Crippen LogP contribution in [0, 0.1) is 0 Å². The number of rotatable bonds is 4. The first-order valence-corrected chi connectivity index (χ1v) is 11.5. The minimum absolute atomic E-state index is 0. The summed E-state index contributed by atoms with van der Waals surface area (Å²) in [5.41, 5.74) is 3.97. The maximum Gasteiger partial charge on any atom is 0.240 e. The third kappa shape index (κ3) is 5.59. The summed E-state index contributed by atoms with van der Waals surface area (Å²) >= 11 is 0. The zero-order chi connectivity index (χ0) is 20.6. The molecule has 170 valence electrons. The number of aromatic amines is 1. The van der Waals surface area contributed by atoms with Gasteiger partial charge in [0.1, 0.15) is 5.65 Å². The van der Waals surface area contributed by atoms with E-state index in [2.05, 4.69) is 46.8 Å². The standard InChI is InChI=1S/C22H28N4O2S.2ClH/c1-22(2,3)20-14-19-18(10-13-24-21(19)25-20)15-4-6-17(7-5-15)29(27,28)26-16-8-11-23-12-9-16;;/h4-7,10,13-14,16,23,26H,8-9,11-12H2,1-3H3,(H,24,25);2*1H. The average Bonchev–Trinajstić information content (AvgIpc) is 3.13. The third-order valence-electron chi connectivity index (χ3n) is 5.48. The van der Waals surface area contributed by atoms with E-state index in [0.717, 1.165) is 53.8 Å². The Morgan fingerprint density at radius 1 is 1.03 bits per heavy atom. The van der Waals surface area contributed by atoms with Crippen molar-refractivity contribution in [1.82, 2.24) is 20.0 Å². The van der Waals surface area contributed by atoms with Crippen molar-refractivity contribution in [3.63, 3.8) is 0 Å². The van der Waals surface area contributed by atoms with Gasteiger partial charge in [-0.05, 0) is 61.3 Å². The van der Waals surface area contributed by atoms with Crippen LogP contribution in [0.3, 0.4) is 0 Å². The topological polar surface area (TPSA) is 86.9 Å². The number of sulfonamides is 1. The summed E-state index contributed by atoms with van der Waals surface area (Å²) in [6, 6.07) is 11.2. The van der Waals surface area contributed by atoms with Gasteiger partial charge in [0.2, 0.25) is 10.0 Å². The summed E-state index contributed by atoms with van der Waals surface area (Å²) in [5, 5.41) is 4.29. The molecule has 0 atom stereocenters. The minimum Gasteiger partial charge on any atom is -0.343 e. The normalized spacial score (nSPS) is 15.3. The van der Waals surface area contributed by atoms with Gasteiger partial charge in [-0.25, -0.2) is 18.1 Å². The molecule has 0 bridgehead atoms. The molecular formula is C22H30Cl2N4O2S. The summed E-state index contributed by atoms with van der Waals surface area (Å²) in [4.78, 5) is 8.16. The molecule has 1 aliphatic rings. The highest BCUT2D eigenvalue weighted by Gasteiger charge is 2.22. The molecule has 9 heteroatoms. The zero-order valence-electron chi connectivity index (χ0n) is 17.9. The lowest BCUT2D eigenvalue weighted by atomic mass is 9.92. The minimum atomic E-state index is -3.51. The van der Waals surface area contributed by atoms with Gasteiger partial charge in [-0.1, -0.05) is 32.9 Å². The van der Waals surface area contributed by atoms with Crippen molar-refractivity contribution >= 4 is 45.9 Å². The Balaban J connectivity index is 0.00000171. The molecule has 0 aliphatic carbocycles. The lowest BCUT2D eigenvalue weighted by Crippen LogP contribution is -2.42. The quantitative estimate of drug-likeness (QED) is 0.511. The van der Waals surface area contributed by atoms with Gasteiger partial charge in [-0.2, -0.15) is 0 Å². The van der Waals surface area contributed by atoms with Crippen molar-refractivity contribution in [2.45, 2.75) is 50.0 Å². The van der Waals surface area contributed by atoms with Crippen LogP contribution in [0.25, 0.3) is 22.2 Å². The third-order valence-corrected chi connectivity index (χ3v) is 7.01. The van der Waals surface area contributed by atoms with Crippen molar-refractivity contribution in [2.75, 3.05) is 13.1 Å². The molecule has 2 aromatic heterocycles. The molecule has 6 nitrogen and oxygen atoms in total. The Morgan fingerprint density at radius 3 is 2.29 bits per heavy atom. The van der Waals surface area contributed by atoms with Gasteiger partial charge in [0, 0.05) is 28.7 Å². The number of H-pyrrole nitrogens is 1. The molecule has 1 aromatic carbocycles. The van der Waals surface area contributed by atoms with E-state index in [9.17, 15) is 8.42 Å². The molecule has 3 aromatic rings. The highest BCUT2D eigenvalue weighted by molar-refractivity contribution is 7.89. The summed E-state index contributed by atoms with van der Waals surface area (Å²) < 4.78 is 28.3. The molecule has 0 radical (unpaired) electrons. The van der Waals surface area contributed by atoms with E-state index in [1.807, 2.05) is 18.2 Å². The van der Waals surface area contributed by atoms with E-state index in [1.165, 1.54) is 0 Å². The number of halogens is 2. The van der Waals surface area contributed by atoms with E-state index in [4.69, 9.17) is 0 Å². The first-order valence-electron chi connectivity index (χ1n) is 10.1. The number of pyridine rings is 1. The Bertz CT molecular complexity index is 1120. The maximum atomic E-state index is 12.7. The van der Waals surface area contributed by atoms with Crippen LogP contribution in [-0.2, 0) is 15.4 Å². The van der Waals surface area contributed by atoms with E-state index in [1.54, 1.807) is 18.3 Å². The van der Waals surface area contributed by atoms with Gasteiger partial charge >= 0.3 is 0 Å². The molecule has 1 aliphatic heterocycles. The van der Waals surface area contributed by atoms with E-state index < -0.39 is 10.0 Å². The van der Waals surface area contributed by atoms with Gasteiger partial charge in [0.05, 0.1) is 4.90 Å². The fourth-order valence-corrected chi connectivity index (χ4v) is 5.03. The number of nitrogens with zero attached hydrogens (tertiary/aromatic N) is 1. The number of nitrogens with one attached hydrogen (secondary N) is 3. The van der Waals surface area contributed by atoms with Crippen molar-refractivity contribution in [1.29, 1.82) is 0 Å². The Morgan fingerprint density at radius 2 is 1.68 bits per heavy atom. The summed E-state index contributed by atoms with van der Waals surface area (Å²) in [7, 11) is -3.51. The van der Waals surface area contributed by atoms with Crippen molar-refractivity contribution < 1.29 is 8.42 Å². The smallest absolute Gasteiger partial charge is 0.240 e. The highest BCUT2D eigenvalue weighted by Crippen LogP contribution is 2.32.